The van der Waals surface area contributed by atoms with E-state index in [9.17, 15) is 19.7 Å². The van der Waals surface area contributed by atoms with Gasteiger partial charge in [-0.25, -0.2) is 4.79 Å². The predicted molar refractivity (Wildman–Crippen MR) is 105 cm³/mol. The third-order valence-corrected chi connectivity index (χ3v) is 4.66. The van der Waals surface area contributed by atoms with E-state index < -0.39 is 16.8 Å². The lowest BCUT2D eigenvalue weighted by Gasteiger charge is -2.30. The van der Waals surface area contributed by atoms with Gasteiger partial charge < -0.3 is 15.0 Å². The average molecular weight is 383 g/mol. The van der Waals surface area contributed by atoms with Crippen molar-refractivity contribution in [1.29, 1.82) is 0 Å². The maximum absolute atomic E-state index is 12.8. The molecule has 8 nitrogen and oxygen atoms in total. The van der Waals surface area contributed by atoms with E-state index in [1.54, 1.807) is 6.07 Å². The molecule has 146 valence electrons. The van der Waals surface area contributed by atoms with Crippen LogP contribution in [0.15, 0.2) is 42.5 Å². The molecule has 1 amide bonds. The van der Waals surface area contributed by atoms with Crippen molar-refractivity contribution in [2.24, 2.45) is 0 Å². The number of hydrogen-bond donors (Lipinski definition) is 1. The fourth-order valence-electron chi connectivity index (χ4n) is 3.27. The van der Waals surface area contributed by atoms with E-state index in [4.69, 9.17) is 0 Å². The Hall–Kier alpha value is -3.42. The van der Waals surface area contributed by atoms with Crippen LogP contribution in [0.1, 0.15) is 40.0 Å². The fraction of sp³-hybridized carbons (Fsp3) is 0.300. The van der Waals surface area contributed by atoms with Gasteiger partial charge in [0.05, 0.1) is 29.0 Å². The first-order valence-corrected chi connectivity index (χ1v) is 9.02. The first-order valence-electron chi connectivity index (χ1n) is 9.02. The number of nitro groups is 1. The highest BCUT2D eigenvalue weighted by Gasteiger charge is 2.20. The number of carbonyl (C=O) groups is 2. The van der Waals surface area contributed by atoms with Crippen molar-refractivity contribution in [3.8, 4) is 0 Å². The van der Waals surface area contributed by atoms with Crippen molar-refractivity contribution in [3.63, 3.8) is 0 Å². The highest BCUT2D eigenvalue weighted by molar-refractivity contribution is 6.07. The van der Waals surface area contributed by atoms with E-state index in [1.807, 2.05) is 18.2 Å². The smallest absolute Gasteiger partial charge is 0.338 e. The van der Waals surface area contributed by atoms with E-state index >= 15 is 0 Å². The molecule has 1 aliphatic heterocycles. The van der Waals surface area contributed by atoms with E-state index in [1.165, 1.54) is 19.6 Å². The van der Waals surface area contributed by atoms with Crippen LogP contribution in [0.25, 0.3) is 0 Å². The number of piperidine rings is 1. The highest BCUT2D eigenvalue weighted by atomic mass is 16.6. The third kappa shape index (κ3) is 4.28. The van der Waals surface area contributed by atoms with Crippen molar-refractivity contribution >= 4 is 28.9 Å². The maximum atomic E-state index is 12.8. The largest absolute Gasteiger partial charge is 0.465 e. The molecule has 8 heteroatoms. The summed E-state index contributed by atoms with van der Waals surface area (Å²) in [4.78, 5) is 37.3. The van der Waals surface area contributed by atoms with Gasteiger partial charge in [-0.3, -0.25) is 14.9 Å². The molecule has 0 atom stereocenters. The number of carbonyl (C=O) groups excluding carboxylic acids is 2. The van der Waals surface area contributed by atoms with Gasteiger partial charge in [0.2, 0.25) is 0 Å². The monoisotopic (exact) mass is 383 g/mol. The third-order valence-electron chi connectivity index (χ3n) is 4.66. The lowest BCUT2D eigenvalue weighted by Crippen LogP contribution is -2.30. The number of rotatable bonds is 5. The number of methoxy groups -OCH3 is 1. The van der Waals surface area contributed by atoms with Gasteiger partial charge in [-0.15, -0.1) is 0 Å². The van der Waals surface area contributed by atoms with Crippen LogP contribution >= 0.6 is 0 Å². The number of benzene rings is 2. The molecule has 0 radical (unpaired) electrons. The zero-order chi connectivity index (χ0) is 20.1. The predicted octanol–water partition coefficient (Wildman–Crippen LogP) is 3.62. The molecule has 0 spiro atoms. The summed E-state index contributed by atoms with van der Waals surface area (Å²) in [6.45, 7) is 1.83. The number of para-hydroxylation sites is 2. The standard InChI is InChI=1S/C20H21N3O5/c1-28-20(25)15-11-14(12-16(13-15)23(26)27)19(24)21-17-7-3-4-8-18(17)22-9-5-2-6-10-22/h3-4,7-8,11-13H,2,5-6,9-10H2,1H3,(H,21,24). The molecule has 28 heavy (non-hydrogen) atoms. The Labute approximate surface area is 162 Å². The zero-order valence-corrected chi connectivity index (χ0v) is 15.5. The van der Waals surface area contributed by atoms with Crippen LogP contribution in [0.4, 0.5) is 17.1 Å². The summed E-state index contributed by atoms with van der Waals surface area (Å²) in [5, 5.41) is 14.0. The molecule has 0 bridgehead atoms. The zero-order valence-electron chi connectivity index (χ0n) is 15.5. The molecule has 2 aromatic carbocycles. The van der Waals surface area contributed by atoms with Crippen LogP contribution in [-0.4, -0.2) is 37.0 Å². The second-order valence-corrected chi connectivity index (χ2v) is 6.54. The number of hydrogen-bond acceptors (Lipinski definition) is 6. The van der Waals surface area contributed by atoms with E-state index in [0.717, 1.165) is 43.8 Å². The minimum absolute atomic E-state index is 0.0167. The number of nitrogens with zero attached hydrogens (tertiary/aromatic N) is 2. The van der Waals surface area contributed by atoms with Gasteiger partial charge in [0.1, 0.15) is 0 Å². The Morgan fingerprint density at radius 3 is 2.43 bits per heavy atom. The Bertz CT molecular complexity index is 906. The van der Waals surface area contributed by atoms with Crippen LogP contribution < -0.4 is 10.2 Å². The molecule has 0 aliphatic carbocycles. The molecule has 0 saturated carbocycles. The normalized spacial score (nSPS) is 13.7. The molecule has 2 aromatic rings. The van der Waals surface area contributed by atoms with Gasteiger partial charge in [0.25, 0.3) is 11.6 Å². The van der Waals surface area contributed by atoms with Gasteiger partial charge in [-0.2, -0.15) is 0 Å². The minimum atomic E-state index is -0.744. The summed E-state index contributed by atoms with van der Waals surface area (Å²) in [7, 11) is 1.18. The topological polar surface area (TPSA) is 102 Å². The Kier molecular flexibility index (Phi) is 5.88. The maximum Gasteiger partial charge on any atom is 0.338 e. The number of ether oxygens (including phenoxy) is 1. The van der Waals surface area contributed by atoms with Crippen molar-refractivity contribution in [3.05, 3.63) is 63.7 Å². The number of nitro benzene ring substituents is 1. The van der Waals surface area contributed by atoms with E-state index in [-0.39, 0.29) is 16.8 Å². The van der Waals surface area contributed by atoms with Crippen molar-refractivity contribution in [1.82, 2.24) is 0 Å². The van der Waals surface area contributed by atoms with Crippen LogP contribution in [-0.2, 0) is 4.74 Å². The number of nitrogens with one attached hydrogen (secondary N) is 1. The van der Waals surface area contributed by atoms with Crippen molar-refractivity contribution < 1.29 is 19.2 Å². The second kappa shape index (κ2) is 8.51. The average Bonchev–Trinajstić information content (AvgIpc) is 2.73. The van der Waals surface area contributed by atoms with Gasteiger partial charge in [0, 0.05) is 30.8 Å². The highest BCUT2D eigenvalue weighted by Crippen LogP contribution is 2.29. The number of anilines is 2. The molecule has 1 saturated heterocycles. The molecule has 1 fully saturated rings. The van der Waals surface area contributed by atoms with E-state index in [2.05, 4.69) is 15.0 Å². The van der Waals surface area contributed by atoms with Crippen molar-refractivity contribution in [2.75, 3.05) is 30.4 Å². The summed E-state index contributed by atoms with van der Waals surface area (Å²) in [5.41, 5.74) is 1.15. The SMILES string of the molecule is COC(=O)c1cc(C(=O)Nc2ccccc2N2CCCCC2)cc([N+](=O)[O-])c1. The molecule has 3 rings (SSSR count). The molecule has 1 aliphatic rings. The first-order chi connectivity index (χ1) is 13.5. The molecule has 1 N–H and O–H groups in total. The quantitative estimate of drug-likeness (QED) is 0.481. The Morgan fingerprint density at radius 2 is 1.75 bits per heavy atom. The fourth-order valence-corrected chi connectivity index (χ4v) is 3.27. The minimum Gasteiger partial charge on any atom is -0.465 e. The van der Waals surface area contributed by atoms with Gasteiger partial charge in [-0.05, 0) is 37.5 Å². The molecular weight excluding hydrogens is 362 g/mol. The van der Waals surface area contributed by atoms with Gasteiger partial charge in [-0.1, -0.05) is 12.1 Å². The molecular formula is C20H21N3O5. The van der Waals surface area contributed by atoms with Crippen LogP contribution in [0, 0.1) is 10.1 Å². The van der Waals surface area contributed by atoms with Crippen LogP contribution in [0.3, 0.4) is 0 Å². The Morgan fingerprint density at radius 1 is 1.07 bits per heavy atom. The van der Waals surface area contributed by atoms with Gasteiger partial charge >= 0.3 is 5.97 Å². The van der Waals surface area contributed by atoms with Crippen LogP contribution in [0.5, 0.6) is 0 Å². The van der Waals surface area contributed by atoms with Crippen LogP contribution in [0.2, 0.25) is 0 Å². The second-order valence-electron chi connectivity index (χ2n) is 6.54. The summed E-state index contributed by atoms with van der Waals surface area (Å²) in [6, 6.07) is 11.0. The lowest BCUT2D eigenvalue weighted by atomic mass is 10.1. The Balaban J connectivity index is 1.90. The first kappa shape index (κ1) is 19.3. The summed E-state index contributed by atoms with van der Waals surface area (Å²) in [6.07, 6.45) is 3.38. The van der Waals surface area contributed by atoms with Gasteiger partial charge in [0.15, 0.2) is 0 Å². The molecule has 0 aromatic heterocycles. The molecule has 1 heterocycles. The van der Waals surface area contributed by atoms with E-state index in [0.29, 0.717) is 5.69 Å². The number of non-ortho nitro benzene ring substituents is 1. The summed E-state index contributed by atoms with van der Waals surface area (Å²) in [5.74, 6) is -1.27. The summed E-state index contributed by atoms with van der Waals surface area (Å²) >= 11 is 0. The summed E-state index contributed by atoms with van der Waals surface area (Å²) < 4.78 is 4.62. The lowest BCUT2D eigenvalue weighted by molar-refractivity contribution is -0.384. The molecule has 0 unspecified atom stereocenters. The number of amides is 1. The number of esters is 1. The van der Waals surface area contributed by atoms with Crippen molar-refractivity contribution in [2.45, 2.75) is 19.3 Å².